The van der Waals surface area contributed by atoms with Gasteiger partial charge in [-0.3, -0.25) is 4.79 Å². The number of carbonyl (C=O) groups excluding carboxylic acids is 2. The van der Waals surface area contributed by atoms with Gasteiger partial charge in [0.05, 0.1) is 40.5 Å². The summed E-state index contributed by atoms with van der Waals surface area (Å²) >= 11 is 0. The van der Waals surface area contributed by atoms with Gasteiger partial charge in [0, 0.05) is 6.54 Å². The van der Waals surface area contributed by atoms with Crippen LogP contribution in [0.5, 0.6) is 0 Å². The van der Waals surface area contributed by atoms with Crippen molar-refractivity contribution in [3.8, 4) is 11.8 Å². The van der Waals surface area contributed by atoms with Crippen LogP contribution in [0.2, 0.25) is 0 Å². The maximum Gasteiger partial charge on any atom is 0.417 e. The van der Waals surface area contributed by atoms with E-state index in [4.69, 9.17) is 5.26 Å². The fourth-order valence-electron chi connectivity index (χ4n) is 3.86. The maximum atomic E-state index is 13.4. The van der Waals surface area contributed by atoms with Crippen LogP contribution in [0.1, 0.15) is 43.2 Å². The minimum Gasteiger partial charge on any atom is -0.305 e. The van der Waals surface area contributed by atoms with E-state index in [2.05, 4.69) is 10.3 Å². The number of benzene rings is 2. The summed E-state index contributed by atoms with van der Waals surface area (Å²) in [5, 5.41) is 17.1. The second kappa shape index (κ2) is 8.54. The number of hydrogen-bond donors (Lipinski definition) is 0. The van der Waals surface area contributed by atoms with Crippen LogP contribution in [-0.4, -0.2) is 37.4 Å². The molecule has 2 heterocycles. The maximum absolute atomic E-state index is 13.4. The van der Waals surface area contributed by atoms with Crippen LogP contribution < -0.4 is 4.90 Å². The van der Waals surface area contributed by atoms with Gasteiger partial charge in [-0.15, -0.1) is 5.10 Å². The third-order valence-electron chi connectivity index (χ3n) is 5.96. The molecule has 3 aromatic rings. The van der Waals surface area contributed by atoms with Crippen molar-refractivity contribution in [3.05, 3.63) is 71.0 Å². The predicted molar refractivity (Wildman–Crippen MR) is 119 cm³/mol. The van der Waals surface area contributed by atoms with E-state index < -0.39 is 34.8 Å². The van der Waals surface area contributed by atoms with E-state index in [0.717, 1.165) is 34.3 Å². The normalized spacial score (nSPS) is 15.6. The van der Waals surface area contributed by atoms with Crippen molar-refractivity contribution in [2.45, 2.75) is 45.5 Å². The van der Waals surface area contributed by atoms with Gasteiger partial charge in [0.2, 0.25) is 0 Å². The number of alkyl halides is 3. The van der Waals surface area contributed by atoms with Crippen molar-refractivity contribution in [3.63, 3.8) is 0 Å². The van der Waals surface area contributed by atoms with Gasteiger partial charge < -0.3 is 4.90 Å². The lowest BCUT2D eigenvalue weighted by Crippen LogP contribution is -2.43. The van der Waals surface area contributed by atoms with Gasteiger partial charge in [0.1, 0.15) is 5.54 Å². The molecular formula is C24H21F3N6O2. The zero-order valence-corrected chi connectivity index (χ0v) is 19.2. The zero-order chi connectivity index (χ0) is 25.5. The molecule has 3 amide bonds. The first-order chi connectivity index (χ1) is 16.5. The number of rotatable bonds is 5. The minimum absolute atomic E-state index is 0.0638. The Morgan fingerprint density at radius 2 is 1.71 bits per heavy atom. The average molecular weight is 482 g/mol. The smallest absolute Gasteiger partial charge is 0.305 e. The molecule has 1 aromatic heterocycles. The number of amides is 3. The fourth-order valence-corrected chi connectivity index (χ4v) is 3.86. The van der Waals surface area contributed by atoms with Crippen molar-refractivity contribution in [2.75, 3.05) is 4.90 Å². The molecule has 180 valence electrons. The van der Waals surface area contributed by atoms with Crippen molar-refractivity contribution in [1.82, 2.24) is 19.9 Å². The summed E-state index contributed by atoms with van der Waals surface area (Å²) in [7, 11) is 0. The monoisotopic (exact) mass is 482 g/mol. The highest BCUT2D eigenvalue weighted by atomic mass is 19.4. The van der Waals surface area contributed by atoms with Crippen LogP contribution in [0.3, 0.4) is 0 Å². The Kier molecular flexibility index (Phi) is 5.84. The summed E-state index contributed by atoms with van der Waals surface area (Å²) in [6.45, 7) is 5.11. The lowest BCUT2D eigenvalue weighted by molar-refractivity contribution is -0.137. The van der Waals surface area contributed by atoms with Crippen LogP contribution in [0.4, 0.5) is 23.7 Å². The van der Waals surface area contributed by atoms with Crippen LogP contribution >= 0.6 is 0 Å². The van der Waals surface area contributed by atoms with Gasteiger partial charge in [0.15, 0.2) is 0 Å². The first kappa shape index (κ1) is 23.9. The molecule has 1 aliphatic rings. The summed E-state index contributed by atoms with van der Waals surface area (Å²) < 4.78 is 41.9. The Balaban J connectivity index is 1.62. The largest absolute Gasteiger partial charge is 0.417 e. The number of nitrogens with zero attached hydrogens (tertiary/aromatic N) is 6. The van der Waals surface area contributed by atoms with Gasteiger partial charge in [-0.1, -0.05) is 24.3 Å². The number of hydrogen-bond acceptors (Lipinski definition) is 5. The SMILES string of the molecule is CCc1cn(-c2ccc(CN3C(=O)N(c4ccc(C#N)c(C(F)(F)F)c4)C(=O)C3(C)C)cc2)nn1. The summed E-state index contributed by atoms with van der Waals surface area (Å²) in [5.74, 6) is -0.660. The summed E-state index contributed by atoms with van der Waals surface area (Å²) in [4.78, 5) is 28.4. The van der Waals surface area contributed by atoms with Crippen LogP contribution in [0.25, 0.3) is 5.69 Å². The number of imide groups is 1. The van der Waals surface area contributed by atoms with E-state index in [1.165, 1.54) is 30.9 Å². The molecule has 4 rings (SSSR count). The average Bonchev–Trinajstić information content (AvgIpc) is 3.36. The molecule has 0 aliphatic carbocycles. The number of anilines is 1. The van der Waals surface area contributed by atoms with E-state index >= 15 is 0 Å². The number of aromatic nitrogens is 3. The van der Waals surface area contributed by atoms with E-state index in [0.29, 0.717) is 6.07 Å². The highest BCUT2D eigenvalue weighted by Gasteiger charge is 2.52. The third kappa shape index (κ3) is 4.23. The standard InChI is InChI=1S/C24H21F3N6O2/c1-4-17-14-32(30-29-17)18-8-5-15(6-9-18)13-31-22(35)33(21(34)23(31,2)3)19-10-7-16(12-28)20(11-19)24(25,26)27/h5-11,14H,4,13H2,1-3H3. The van der Waals surface area contributed by atoms with Crippen LogP contribution in [0, 0.1) is 11.3 Å². The Hall–Kier alpha value is -4.20. The molecule has 35 heavy (non-hydrogen) atoms. The Labute approximate surface area is 199 Å². The fraction of sp³-hybridized carbons (Fsp3) is 0.292. The molecule has 0 saturated carbocycles. The first-order valence-electron chi connectivity index (χ1n) is 10.8. The van der Waals surface area contributed by atoms with Crippen molar-refractivity contribution in [1.29, 1.82) is 5.26 Å². The van der Waals surface area contributed by atoms with E-state index in [1.54, 1.807) is 28.9 Å². The minimum atomic E-state index is -4.81. The summed E-state index contributed by atoms with van der Waals surface area (Å²) in [6, 6.07) is 10.7. The molecule has 0 bridgehead atoms. The number of nitriles is 1. The van der Waals surface area contributed by atoms with Crippen molar-refractivity contribution >= 4 is 17.6 Å². The molecule has 11 heteroatoms. The Morgan fingerprint density at radius 1 is 1.06 bits per heavy atom. The van der Waals surface area contributed by atoms with Crippen molar-refractivity contribution in [2.24, 2.45) is 0 Å². The third-order valence-corrected chi connectivity index (χ3v) is 5.96. The molecule has 8 nitrogen and oxygen atoms in total. The number of urea groups is 1. The highest BCUT2D eigenvalue weighted by Crippen LogP contribution is 2.38. The van der Waals surface area contributed by atoms with Gasteiger partial charge in [-0.2, -0.15) is 18.4 Å². The molecular weight excluding hydrogens is 461 g/mol. The Morgan fingerprint density at radius 3 is 2.29 bits per heavy atom. The Bertz CT molecular complexity index is 1340. The van der Waals surface area contributed by atoms with E-state index in [-0.39, 0.29) is 12.2 Å². The molecule has 0 spiro atoms. The molecule has 1 saturated heterocycles. The van der Waals surface area contributed by atoms with Gasteiger partial charge >= 0.3 is 12.2 Å². The molecule has 0 atom stereocenters. The molecule has 0 radical (unpaired) electrons. The molecule has 0 N–H and O–H groups in total. The van der Waals surface area contributed by atoms with Crippen LogP contribution in [-0.2, 0) is 23.9 Å². The number of carbonyl (C=O) groups is 2. The lowest BCUT2D eigenvalue weighted by Gasteiger charge is -2.27. The second-order valence-corrected chi connectivity index (χ2v) is 8.58. The van der Waals surface area contributed by atoms with E-state index in [1.807, 2.05) is 13.1 Å². The molecule has 1 aliphatic heterocycles. The summed E-state index contributed by atoms with van der Waals surface area (Å²) in [6.07, 6.45) is -2.25. The molecule has 0 unspecified atom stereocenters. The quantitative estimate of drug-likeness (QED) is 0.500. The van der Waals surface area contributed by atoms with Gasteiger partial charge in [-0.05, 0) is 56.2 Å². The molecule has 2 aromatic carbocycles. The van der Waals surface area contributed by atoms with Crippen molar-refractivity contribution < 1.29 is 22.8 Å². The zero-order valence-electron chi connectivity index (χ0n) is 19.2. The predicted octanol–water partition coefficient (Wildman–Crippen LogP) is 4.47. The van der Waals surface area contributed by atoms with Crippen LogP contribution in [0.15, 0.2) is 48.7 Å². The number of halogens is 3. The first-order valence-corrected chi connectivity index (χ1v) is 10.8. The lowest BCUT2D eigenvalue weighted by atomic mass is 10.0. The van der Waals surface area contributed by atoms with Gasteiger partial charge in [0.25, 0.3) is 5.91 Å². The molecule has 1 fully saturated rings. The highest BCUT2D eigenvalue weighted by molar-refractivity contribution is 6.23. The topological polar surface area (TPSA) is 95.1 Å². The second-order valence-electron chi connectivity index (χ2n) is 8.58. The number of aryl methyl sites for hydroxylation is 1. The van der Waals surface area contributed by atoms with E-state index in [9.17, 15) is 22.8 Å². The van der Waals surface area contributed by atoms with Gasteiger partial charge in [-0.25, -0.2) is 14.4 Å². The summed E-state index contributed by atoms with van der Waals surface area (Å²) in [5.41, 5.74) is -1.01.